The Balaban J connectivity index is 1.58. The number of halogens is 2. The Kier molecular flexibility index (Phi) is 5.51. The predicted molar refractivity (Wildman–Crippen MR) is 111 cm³/mol. The minimum absolute atomic E-state index is 0.00708. The zero-order valence-corrected chi connectivity index (χ0v) is 17.5. The van der Waals surface area contributed by atoms with E-state index in [0.29, 0.717) is 10.8 Å². The normalized spacial score (nSPS) is 13.0. The molecule has 0 bridgehead atoms. The molecule has 10 heteroatoms. The van der Waals surface area contributed by atoms with Crippen molar-refractivity contribution in [2.45, 2.75) is 12.3 Å². The number of carbonyl (C=O) groups excluding carboxylic acids is 1. The molecule has 4 rings (SSSR count). The molecule has 4 heterocycles. The van der Waals surface area contributed by atoms with Gasteiger partial charge >= 0.3 is 0 Å². The highest BCUT2D eigenvalue weighted by atomic mass is 35.5. The largest absolute Gasteiger partial charge is 0.354 e. The van der Waals surface area contributed by atoms with Gasteiger partial charge in [0.05, 0.1) is 17.3 Å². The first-order valence-electron chi connectivity index (χ1n) is 9.35. The second-order valence-electron chi connectivity index (χ2n) is 7.17. The summed E-state index contributed by atoms with van der Waals surface area (Å²) in [6, 6.07) is 9.38. The average molecular weight is 441 g/mol. The van der Waals surface area contributed by atoms with Crippen LogP contribution in [0.15, 0.2) is 59.5 Å². The highest BCUT2D eigenvalue weighted by Crippen LogP contribution is 2.31. The molecule has 0 fully saturated rings. The molecule has 0 aromatic carbocycles. The van der Waals surface area contributed by atoms with E-state index in [2.05, 4.69) is 25.5 Å². The molecule has 1 unspecified atom stereocenters. The summed E-state index contributed by atoms with van der Waals surface area (Å²) in [5.41, 5.74) is 0.797. The van der Waals surface area contributed by atoms with Gasteiger partial charge in [0.15, 0.2) is 17.3 Å². The van der Waals surface area contributed by atoms with Crippen LogP contribution in [0.3, 0.4) is 0 Å². The molecule has 0 aliphatic heterocycles. The minimum atomic E-state index is -0.714. The first-order chi connectivity index (χ1) is 14.9. The quantitative estimate of drug-likeness (QED) is 0.461. The van der Waals surface area contributed by atoms with Crippen molar-refractivity contribution < 1.29 is 13.7 Å². The van der Waals surface area contributed by atoms with Crippen LogP contribution < -0.4 is 5.32 Å². The number of hydrogen-bond acceptors (Lipinski definition) is 6. The zero-order valence-electron chi connectivity index (χ0n) is 16.7. The molecule has 0 saturated heterocycles. The van der Waals surface area contributed by atoms with E-state index in [9.17, 15) is 9.18 Å². The standard InChI is InChI=1S/C21H18ClFN6O2/c1-21(13-10-26-29(2)11-13,17-6-3-7-18(22)27-17)12-25-20(30)15-9-16(31-28-15)19-14(23)5-4-8-24-19/h3-11H,12H2,1-2H3,(H,25,30). The Hall–Kier alpha value is -3.59. The monoisotopic (exact) mass is 440 g/mol. The van der Waals surface area contributed by atoms with Gasteiger partial charge in [-0.05, 0) is 31.2 Å². The molecule has 4 aromatic heterocycles. The molecule has 1 atom stereocenters. The van der Waals surface area contributed by atoms with Crippen LogP contribution in [0.2, 0.25) is 5.15 Å². The summed E-state index contributed by atoms with van der Waals surface area (Å²) in [6.45, 7) is 2.12. The van der Waals surface area contributed by atoms with Crippen molar-refractivity contribution in [1.82, 2.24) is 30.2 Å². The zero-order chi connectivity index (χ0) is 22.0. The molecular formula is C21H18ClFN6O2. The van der Waals surface area contributed by atoms with Gasteiger partial charge in [0, 0.05) is 37.6 Å². The lowest BCUT2D eigenvalue weighted by Crippen LogP contribution is -2.40. The number of nitrogens with zero attached hydrogens (tertiary/aromatic N) is 5. The summed E-state index contributed by atoms with van der Waals surface area (Å²) < 4.78 is 20.7. The summed E-state index contributed by atoms with van der Waals surface area (Å²) in [5, 5.41) is 11.2. The highest BCUT2D eigenvalue weighted by molar-refractivity contribution is 6.29. The number of carbonyl (C=O) groups is 1. The number of hydrogen-bond donors (Lipinski definition) is 1. The fourth-order valence-corrected chi connectivity index (χ4v) is 3.33. The van der Waals surface area contributed by atoms with Crippen LogP contribution in [0, 0.1) is 5.82 Å². The van der Waals surface area contributed by atoms with Crippen molar-refractivity contribution in [2.75, 3.05) is 6.54 Å². The minimum Gasteiger partial charge on any atom is -0.354 e. The number of aromatic nitrogens is 5. The molecule has 31 heavy (non-hydrogen) atoms. The molecule has 4 aromatic rings. The van der Waals surface area contributed by atoms with Gasteiger partial charge in [0.1, 0.15) is 10.8 Å². The predicted octanol–water partition coefficient (Wildman–Crippen LogP) is 3.39. The van der Waals surface area contributed by atoms with Crippen molar-refractivity contribution >= 4 is 17.5 Å². The maximum absolute atomic E-state index is 13.9. The van der Waals surface area contributed by atoms with E-state index in [1.54, 1.807) is 23.0 Å². The van der Waals surface area contributed by atoms with Crippen LogP contribution in [0.4, 0.5) is 4.39 Å². The van der Waals surface area contributed by atoms with Gasteiger partial charge in [0.25, 0.3) is 5.91 Å². The van der Waals surface area contributed by atoms with Crippen LogP contribution in [0.5, 0.6) is 0 Å². The Morgan fingerprint density at radius 3 is 2.87 bits per heavy atom. The Bertz CT molecular complexity index is 1240. The van der Waals surface area contributed by atoms with E-state index in [1.165, 1.54) is 24.4 Å². The van der Waals surface area contributed by atoms with Gasteiger partial charge in [-0.3, -0.25) is 9.48 Å². The number of pyridine rings is 2. The van der Waals surface area contributed by atoms with Crippen molar-refractivity contribution in [2.24, 2.45) is 7.05 Å². The third-order valence-corrected chi connectivity index (χ3v) is 5.17. The van der Waals surface area contributed by atoms with Gasteiger partial charge in [0.2, 0.25) is 0 Å². The van der Waals surface area contributed by atoms with Crippen molar-refractivity contribution in [3.8, 4) is 11.5 Å². The molecule has 1 N–H and O–H groups in total. The smallest absolute Gasteiger partial charge is 0.273 e. The molecular weight excluding hydrogens is 423 g/mol. The van der Waals surface area contributed by atoms with Crippen LogP contribution in [-0.2, 0) is 12.5 Å². The molecule has 0 radical (unpaired) electrons. The Morgan fingerprint density at radius 2 is 2.16 bits per heavy atom. The third kappa shape index (κ3) is 4.17. The van der Waals surface area contributed by atoms with Crippen molar-refractivity contribution in [3.05, 3.63) is 82.9 Å². The van der Waals surface area contributed by atoms with Crippen LogP contribution in [0.1, 0.15) is 28.7 Å². The number of rotatable bonds is 6. The fourth-order valence-electron chi connectivity index (χ4n) is 3.17. The topological polar surface area (TPSA) is 98.7 Å². The molecule has 158 valence electrons. The van der Waals surface area contributed by atoms with E-state index < -0.39 is 17.1 Å². The molecule has 1 amide bonds. The summed E-state index contributed by atoms with van der Waals surface area (Å²) in [5.74, 6) is -0.986. The van der Waals surface area contributed by atoms with Gasteiger partial charge in [-0.2, -0.15) is 5.10 Å². The Morgan fingerprint density at radius 1 is 1.32 bits per heavy atom. The maximum Gasteiger partial charge on any atom is 0.273 e. The maximum atomic E-state index is 13.9. The highest BCUT2D eigenvalue weighted by Gasteiger charge is 2.33. The van der Waals surface area contributed by atoms with Gasteiger partial charge in [-0.1, -0.05) is 22.8 Å². The molecule has 0 saturated carbocycles. The lowest BCUT2D eigenvalue weighted by atomic mass is 9.80. The summed E-state index contributed by atoms with van der Waals surface area (Å²) >= 11 is 6.10. The first-order valence-corrected chi connectivity index (χ1v) is 9.72. The second-order valence-corrected chi connectivity index (χ2v) is 7.56. The van der Waals surface area contributed by atoms with E-state index in [1.807, 2.05) is 26.2 Å². The summed E-state index contributed by atoms with van der Waals surface area (Å²) in [4.78, 5) is 21.1. The Labute approximate surface area is 182 Å². The van der Waals surface area contributed by atoms with E-state index in [4.69, 9.17) is 16.1 Å². The summed E-state index contributed by atoms with van der Waals surface area (Å²) in [7, 11) is 1.81. The summed E-state index contributed by atoms with van der Waals surface area (Å²) in [6.07, 6.45) is 5.00. The molecule has 0 aliphatic rings. The van der Waals surface area contributed by atoms with Crippen LogP contribution in [-0.4, -0.2) is 37.4 Å². The van der Waals surface area contributed by atoms with E-state index >= 15 is 0 Å². The van der Waals surface area contributed by atoms with Gasteiger partial charge < -0.3 is 9.84 Å². The van der Waals surface area contributed by atoms with Crippen LogP contribution >= 0.6 is 11.6 Å². The van der Waals surface area contributed by atoms with Crippen LogP contribution in [0.25, 0.3) is 11.5 Å². The van der Waals surface area contributed by atoms with Crippen molar-refractivity contribution in [3.63, 3.8) is 0 Å². The van der Waals surface area contributed by atoms with E-state index in [0.717, 1.165) is 5.56 Å². The second kappa shape index (κ2) is 8.27. The fraction of sp³-hybridized carbons (Fsp3) is 0.190. The van der Waals surface area contributed by atoms with Gasteiger partial charge in [-0.15, -0.1) is 0 Å². The third-order valence-electron chi connectivity index (χ3n) is 4.96. The molecule has 0 spiro atoms. The molecule has 0 aliphatic carbocycles. The van der Waals surface area contributed by atoms with E-state index in [-0.39, 0.29) is 23.7 Å². The lowest BCUT2D eigenvalue weighted by molar-refractivity contribution is 0.0938. The number of amides is 1. The average Bonchev–Trinajstić information content (AvgIpc) is 3.42. The van der Waals surface area contributed by atoms with Crippen molar-refractivity contribution in [1.29, 1.82) is 0 Å². The number of aryl methyl sites for hydroxylation is 1. The SMILES string of the molecule is Cn1cc(C(C)(CNC(=O)c2cc(-c3ncccc3F)on2)c2cccc(Cl)n2)cn1. The van der Waals surface area contributed by atoms with Gasteiger partial charge in [-0.25, -0.2) is 14.4 Å². The number of nitrogens with one attached hydrogen (secondary N) is 1. The first kappa shape index (κ1) is 20.7. The molecule has 8 nitrogen and oxygen atoms in total. The lowest BCUT2D eigenvalue weighted by Gasteiger charge is -2.28.